The van der Waals surface area contributed by atoms with Crippen molar-refractivity contribution in [3.63, 3.8) is 0 Å². The molecule has 1 saturated heterocycles. The van der Waals surface area contributed by atoms with E-state index in [9.17, 15) is 14.7 Å². The van der Waals surface area contributed by atoms with Crippen molar-refractivity contribution < 1.29 is 14.7 Å². The Balaban J connectivity index is 1.66. The fourth-order valence-electron chi connectivity index (χ4n) is 3.53. The molecule has 1 unspecified atom stereocenters. The van der Waals surface area contributed by atoms with Crippen molar-refractivity contribution in [1.29, 1.82) is 0 Å². The van der Waals surface area contributed by atoms with Crippen molar-refractivity contribution >= 4 is 11.9 Å². The van der Waals surface area contributed by atoms with Crippen LogP contribution in [0.25, 0.3) is 0 Å². The van der Waals surface area contributed by atoms with Gasteiger partial charge in [0.2, 0.25) is 5.91 Å². The quantitative estimate of drug-likeness (QED) is 0.933. The van der Waals surface area contributed by atoms with Gasteiger partial charge in [0.25, 0.3) is 0 Å². The molecule has 0 bridgehead atoms. The van der Waals surface area contributed by atoms with E-state index in [2.05, 4.69) is 18.2 Å². The highest BCUT2D eigenvalue weighted by atomic mass is 16.4. The Kier molecular flexibility index (Phi) is 3.94. The van der Waals surface area contributed by atoms with Gasteiger partial charge in [-0.05, 0) is 55.7 Å². The molecule has 1 aromatic rings. The summed E-state index contributed by atoms with van der Waals surface area (Å²) in [6.07, 6.45) is 5.66. The molecule has 118 valence electrons. The molecule has 0 spiro atoms. The van der Waals surface area contributed by atoms with Crippen LogP contribution in [0.1, 0.15) is 42.9 Å². The SMILES string of the molecule is CC1(C(=O)O)CCN(C(=O)Cc2ccc3c(c2)CCCC3)C1. The second-order valence-electron chi connectivity index (χ2n) is 6.92. The number of carbonyl (C=O) groups is 2. The standard InChI is InChI=1S/C18H23NO3/c1-18(17(21)22)8-9-19(12-18)16(20)11-13-6-7-14-4-2-3-5-15(14)10-13/h6-7,10H,2-5,8-9,11-12H2,1H3,(H,21,22). The van der Waals surface area contributed by atoms with Crippen LogP contribution in [0.4, 0.5) is 0 Å². The fourth-order valence-corrected chi connectivity index (χ4v) is 3.53. The Labute approximate surface area is 131 Å². The van der Waals surface area contributed by atoms with Crippen molar-refractivity contribution in [2.75, 3.05) is 13.1 Å². The molecule has 1 fully saturated rings. The minimum Gasteiger partial charge on any atom is -0.481 e. The minimum absolute atomic E-state index is 0.0423. The van der Waals surface area contributed by atoms with Gasteiger partial charge in [-0.15, -0.1) is 0 Å². The maximum Gasteiger partial charge on any atom is 0.311 e. The Morgan fingerprint density at radius 3 is 2.64 bits per heavy atom. The molecule has 0 saturated carbocycles. The predicted octanol–water partition coefficient (Wildman–Crippen LogP) is 2.43. The summed E-state index contributed by atoms with van der Waals surface area (Å²) in [7, 11) is 0. The lowest BCUT2D eigenvalue weighted by atomic mass is 9.89. The summed E-state index contributed by atoms with van der Waals surface area (Å²) in [6.45, 7) is 2.60. The fraction of sp³-hybridized carbons (Fsp3) is 0.556. The highest BCUT2D eigenvalue weighted by molar-refractivity contribution is 5.82. The van der Waals surface area contributed by atoms with Gasteiger partial charge >= 0.3 is 5.97 Å². The van der Waals surface area contributed by atoms with Crippen LogP contribution in [0.2, 0.25) is 0 Å². The number of carboxylic acid groups (broad SMARTS) is 1. The number of carbonyl (C=O) groups excluding carboxylic acids is 1. The van der Waals surface area contributed by atoms with E-state index in [1.165, 1.54) is 24.0 Å². The number of aryl methyl sites for hydroxylation is 2. The van der Waals surface area contributed by atoms with Gasteiger partial charge in [0.05, 0.1) is 11.8 Å². The molecular formula is C18H23NO3. The van der Waals surface area contributed by atoms with Crippen molar-refractivity contribution in [1.82, 2.24) is 4.90 Å². The molecule has 0 aromatic heterocycles. The van der Waals surface area contributed by atoms with Crippen LogP contribution in [0.3, 0.4) is 0 Å². The summed E-state index contributed by atoms with van der Waals surface area (Å²) in [6, 6.07) is 6.37. The lowest BCUT2D eigenvalue weighted by Crippen LogP contribution is -2.35. The summed E-state index contributed by atoms with van der Waals surface area (Å²) in [5.41, 5.74) is 3.07. The van der Waals surface area contributed by atoms with Crippen LogP contribution < -0.4 is 0 Å². The van der Waals surface area contributed by atoms with Crippen LogP contribution >= 0.6 is 0 Å². The third-order valence-electron chi connectivity index (χ3n) is 5.11. The average molecular weight is 301 g/mol. The van der Waals surface area contributed by atoms with Gasteiger partial charge in [0.15, 0.2) is 0 Å². The molecule has 4 heteroatoms. The van der Waals surface area contributed by atoms with Gasteiger partial charge in [0, 0.05) is 13.1 Å². The van der Waals surface area contributed by atoms with E-state index in [1.807, 2.05) is 0 Å². The first kappa shape index (κ1) is 15.1. The summed E-state index contributed by atoms with van der Waals surface area (Å²) in [5, 5.41) is 9.26. The Bertz CT molecular complexity index is 610. The molecule has 3 rings (SSSR count). The third-order valence-corrected chi connectivity index (χ3v) is 5.11. The first-order valence-corrected chi connectivity index (χ1v) is 8.10. The summed E-state index contributed by atoms with van der Waals surface area (Å²) >= 11 is 0. The second kappa shape index (κ2) is 5.75. The molecule has 1 aliphatic heterocycles. The number of aliphatic carboxylic acids is 1. The summed E-state index contributed by atoms with van der Waals surface area (Å²) in [5.74, 6) is -0.766. The summed E-state index contributed by atoms with van der Waals surface area (Å²) < 4.78 is 0. The average Bonchev–Trinajstić information content (AvgIpc) is 2.91. The number of fused-ring (bicyclic) bond motifs is 1. The normalized spacial score (nSPS) is 24.1. The van der Waals surface area contributed by atoms with E-state index in [1.54, 1.807) is 11.8 Å². The number of amides is 1. The van der Waals surface area contributed by atoms with Crippen LogP contribution in [0, 0.1) is 5.41 Å². The molecule has 2 aliphatic rings. The molecule has 1 N–H and O–H groups in total. The zero-order chi connectivity index (χ0) is 15.7. The number of nitrogens with zero attached hydrogens (tertiary/aromatic N) is 1. The smallest absolute Gasteiger partial charge is 0.311 e. The van der Waals surface area contributed by atoms with Crippen LogP contribution in [0.15, 0.2) is 18.2 Å². The first-order chi connectivity index (χ1) is 10.5. The number of hydrogen-bond acceptors (Lipinski definition) is 2. The molecule has 1 heterocycles. The van der Waals surface area contributed by atoms with Gasteiger partial charge in [-0.3, -0.25) is 9.59 Å². The van der Waals surface area contributed by atoms with E-state index >= 15 is 0 Å². The van der Waals surface area contributed by atoms with Gasteiger partial charge < -0.3 is 10.0 Å². The first-order valence-electron chi connectivity index (χ1n) is 8.10. The Morgan fingerprint density at radius 2 is 1.95 bits per heavy atom. The highest BCUT2D eigenvalue weighted by Gasteiger charge is 2.41. The monoisotopic (exact) mass is 301 g/mol. The molecule has 1 aliphatic carbocycles. The number of likely N-dealkylation sites (tertiary alicyclic amines) is 1. The van der Waals surface area contributed by atoms with E-state index in [4.69, 9.17) is 0 Å². The number of benzene rings is 1. The molecule has 1 aromatic carbocycles. The molecule has 22 heavy (non-hydrogen) atoms. The molecular weight excluding hydrogens is 278 g/mol. The zero-order valence-electron chi connectivity index (χ0n) is 13.1. The van der Waals surface area contributed by atoms with E-state index < -0.39 is 11.4 Å². The van der Waals surface area contributed by atoms with Crippen molar-refractivity contribution in [2.45, 2.75) is 45.4 Å². The van der Waals surface area contributed by atoms with Crippen LogP contribution in [-0.4, -0.2) is 35.0 Å². The second-order valence-corrected chi connectivity index (χ2v) is 6.92. The molecule has 4 nitrogen and oxygen atoms in total. The predicted molar refractivity (Wildman–Crippen MR) is 83.7 cm³/mol. The highest BCUT2D eigenvalue weighted by Crippen LogP contribution is 2.30. The largest absolute Gasteiger partial charge is 0.481 e. The van der Waals surface area contributed by atoms with E-state index in [-0.39, 0.29) is 5.91 Å². The van der Waals surface area contributed by atoms with Crippen molar-refractivity contribution in [3.8, 4) is 0 Å². The third kappa shape index (κ3) is 2.87. The van der Waals surface area contributed by atoms with Crippen LogP contribution in [0.5, 0.6) is 0 Å². The van der Waals surface area contributed by atoms with Gasteiger partial charge in [-0.1, -0.05) is 18.2 Å². The maximum atomic E-state index is 12.4. The van der Waals surface area contributed by atoms with Crippen LogP contribution in [-0.2, 0) is 28.9 Å². The van der Waals surface area contributed by atoms with E-state index in [0.717, 1.165) is 18.4 Å². The topological polar surface area (TPSA) is 57.6 Å². The Morgan fingerprint density at radius 1 is 1.23 bits per heavy atom. The van der Waals surface area contributed by atoms with Gasteiger partial charge in [-0.25, -0.2) is 0 Å². The number of carboxylic acids is 1. The molecule has 0 radical (unpaired) electrons. The lowest BCUT2D eigenvalue weighted by Gasteiger charge is -2.21. The maximum absolute atomic E-state index is 12.4. The lowest BCUT2D eigenvalue weighted by molar-refractivity contribution is -0.147. The number of hydrogen-bond donors (Lipinski definition) is 1. The van der Waals surface area contributed by atoms with Gasteiger partial charge in [-0.2, -0.15) is 0 Å². The Hall–Kier alpha value is -1.84. The minimum atomic E-state index is -0.809. The van der Waals surface area contributed by atoms with Crippen molar-refractivity contribution in [3.05, 3.63) is 34.9 Å². The van der Waals surface area contributed by atoms with Crippen molar-refractivity contribution in [2.24, 2.45) is 5.41 Å². The molecule has 1 amide bonds. The molecule has 1 atom stereocenters. The number of rotatable bonds is 3. The van der Waals surface area contributed by atoms with Gasteiger partial charge in [0.1, 0.15) is 0 Å². The zero-order valence-corrected chi connectivity index (χ0v) is 13.1. The van der Waals surface area contributed by atoms with E-state index in [0.29, 0.717) is 25.9 Å². The summed E-state index contributed by atoms with van der Waals surface area (Å²) in [4.78, 5) is 25.4.